The van der Waals surface area contributed by atoms with Crippen LogP contribution in [0.25, 0.3) is 0 Å². The summed E-state index contributed by atoms with van der Waals surface area (Å²) in [5.74, 6) is -0.232. The van der Waals surface area contributed by atoms with Crippen molar-refractivity contribution in [2.24, 2.45) is 5.10 Å². The molecule has 0 spiro atoms. The van der Waals surface area contributed by atoms with Gasteiger partial charge in [-0.05, 0) is 79.1 Å². The zero-order valence-electron chi connectivity index (χ0n) is 17.5. The van der Waals surface area contributed by atoms with Crippen LogP contribution in [0.15, 0.2) is 70.2 Å². The Morgan fingerprint density at radius 1 is 1.06 bits per heavy atom. The van der Waals surface area contributed by atoms with E-state index in [1.165, 1.54) is 6.21 Å². The molecule has 0 aliphatic rings. The SMILES string of the molecule is Cc1ccc(C)c(NC(=O)COc2ccc(/C=N/NC(=O)c3ccc(Br)cc3)cc2Cl)c1. The van der Waals surface area contributed by atoms with Crippen LogP contribution in [0, 0.1) is 13.8 Å². The van der Waals surface area contributed by atoms with Crippen molar-refractivity contribution in [3.05, 3.63) is 92.4 Å². The standard InChI is InChI=1S/C24H21BrClN3O3/c1-15-3-4-16(2)21(11-15)28-23(30)14-32-22-10-5-17(12-20(22)26)13-27-29-24(31)18-6-8-19(25)9-7-18/h3-13H,14H2,1-2H3,(H,28,30)(H,29,31)/b27-13+. The number of nitrogens with zero attached hydrogens (tertiary/aromatic N) is 1. The third-order valence-electron chi connectivity index (χ3n) is 4.47. The lowest BCUT2D eigenvalue weighted by Gasteiger charge is -2.11. The maximum atomic E-state index is 12.2. The maximum absolute atomic E-state index is 12.2. The first-order valence-corrected chi connectivity index (χ1v) is 10.9. The second-order valence-corrected chi connectivity index (χ2v) is 8.37. The normalized spacial score (nSPS) is 10.8. The Balaban J connectivity index is 1.53. The first-order chi connectivity index (χ1) is 15.3. The molecule has 0 saturated heterocycles. The topological polar surface area (TPSA) is 79.8 Å². The van der Waals surface area contributed by atoms with Gasteiger partial charge in [0.25, 0.3) is 11.8 Å². The first-order valence-electron chi connectivity index (χ1n) is 9.70. The van der Waals surface area contributed by atoms with Crippen LogP contribution < -0.4 is 15.5 Å². The Bertz CT molecular complexity index is 1160. The quantitative estimate of drug-likeness (QED) is 0.323. The molecule has 3 rings (SSSR count). The Labute approximate surface area is 199 Å². The van der Waals surface area contributed by atoms with Crippen molar-refractivity contribution in [1.29, 1.82) is 0 Å². The van der Waals surface area contributed by atoms with Crippen molar-refractivity contribution in [1.82, 2.24) is 5.43 Å². The number of carbonyl (C=O) groups is 2. The monoisotopic (exact) mass is 513 g/mol. The van der Waals surface area contributed by atoms with E-state index in [1.807, 2.05) is 32.0 Å². The van der Waals surface area contributed by atoms with E-state index in [2.05, 4.69) is 31.8 Å². The molecule has 6 nitrogen and oxygen atoms in total. The molecular weight excluding hydrogens is 494 g/mol. The van der Waals surface area contributed by atoms with Crippen LogP contribution in [0.2, 0.25) is 5.02 Å². The van der Waals surface area contributed by atoms with E-state index < -0.39 is 0 Å². The van der Waals surface area contributed by atoms with Gasteiger partial charge in [-0.1, -0.05) is 39.7 Å². The van der Waals surface area contributed by atoms with Crippen LogP contribution in [0.5, 0.6) is 5.75 Å². The van der Waals surface area contributed by atoms with Crippen LogP contribution in [0.3, 0.4) is 0 Å². The lowest BCUT2D eigenvalue weighted by atomic mass is 10.1. The van der Waals surface area contributed by atoms with Crippen molar-refractivity contribution in [3.63, 3.8) is 0 Å². The molecule has 2 amide bonds. The predicted molar refractivity (Wildman–Crippen MR) is 131 cm³/mol. The van der Waals surface area contributed by atoms with E-state index in [-0.39, 0.29) is 18.4 Å². The average molecular weight is 515 g/mol. The highest BCUT2D eigenvalue weighted by Gasteiger charge is 2.09. The van der Waals surface area contributed by atoms with Gasteiger partial charge in [0.15, 0.2) is 6.61 Å². The molecule has 0 aliphatic carbocycles. The van der Waals surface area contributed by atoms with Crippen molar-refractivity contribution in [2.45, 2.75) is 13.8 Å². The summed E-state index contributed by atoms with van der Waals surface area (Å²) in [4.78, 5) is 24.3. The van der Waals surface area contributed by atoms with Gasteiger partial charge in [0, 0.05) is 15.7 Å². The number of benzene rings is 3. The third kappa shape index (κ3) is 6.67. The van der Waals surface area contributed by atoms with E-state index >= 15 is 0 Å². The Hall–Kier alpha value is -3.16. The minimum atomic E-state index is -0.324. The Morgan fingerprint density at radius 2 is 1.81 bits per heavy atom. The van der Waals surface area contributed by atoms with E-state index in [0.29, 0.717) is 21.9 Å². The predicted octanol–water partition coefficient (Wildman–Crippen LogP) is 5.50. The highest BCUT2D eigenvalue weighted by Crippen LogP contribution is 2.25. The number of amides is 2. The number of hydrazone groups is 1. The van der Waals surface area contributed by atoms with Gasteiger partial charge < -0.3 is 10.1 Å². The zero-order valence-corrected chi connectivity index (χ0v) is 19.8. The second-order valence-electron chi connectivity index (χ2n) is 7.05. The summed E-state index contributed by atoms with van der Waals surface area (Å²) in [6.07, 6.45) is 1.47. The molecule has 0 aliphatic heterocycles. The molecule has 3 aromatic carbocycles. The highest BCUT2D eigenvalue weighted by atomic mass is 79.9. The van der Waals surface area contributed by atoms with E-state index in [0.717, 1.165) is 21.3 Å². The number of aryl methyl sites for hydroxylation is 2. The van der Waals surface area contributed by atoms with Crippen LogP contribution >= 0.6 is 27.5 Å². The minimum Gasteiger partial charge on any atom is -0.482 e. The summed E-state index contributed by atoms with van der Waals surface area (Å²) < 4.78 is 6.43. The fraction of sp³-hybridized carbons (Fsp3) is 0.125. The molecule has 0 aromatic heterocycles. The molecule has 0 heterocycles. The van der Waals surface area contributed by atoms with Crippen molar-refractivity contribution in [2.75, 3.05) is 11.9 Å². The summed E-state index contributed by atoms with van der Waals surface area (Å²) in [7, 11) is 0. The van der Waals surface area contributed by atoms with Crippen molar-refractivity contribution < 1.29 is 14.3 Å². The lowest BCUT2D eigenvalue weighted by Crippen LogP contribution is -2.20. The number of rotatable bonds is 7. The molecule has 2 N–H and O–H groups in total. The summed E-state index contributed by atoms with van der Waals surface area (Å²) in [5, 5.41) is 7.11. The third-order valence-corrected chi connectivity index (χ3v) is 5.29. The van der Waals surface area contributed by atoms with Crippen LogP contribution in [0.4, 0.5) is 5.69 Å². The summed E-state index contributed by atoms with van der Waals surface area (Å²) in [5.41, 5.74) is 6.39. The summed E-state index contributed by atoms with van der Waals surface area (Å²) in [6.45, 7) is 3.71. The van der Waals surface area contributed by atoms with Crippen molar-refractivity contribution in [3.8, 4) is 5.75 Å². The molecule has 164 valence electrons. The van der Waals surface area contributed by atoms with Gasteiger partial charge in [-0.3, -0.25) is 9.59 Å². The van der Waals surface area contributed by atoms with E-state index in [4.69, 9.17) is 16.3 Å². The molecule has 0 saturated carbocycles. The summed E-state index contributed by atoms with van der Waals surface area (Å²) >= 11 is 9.58. The largest absolute Gasteiger partial charge is 0.482 e. The van der Waals surface area contributed by atoms with Gasteiger partial charge >= 0.3 is 0 Å². The lowest BCUT2D eigenvalue weighted by molar-refractivity contribution is -0.118. The Kier molecular flexibility index (Phi) is 8.03. The second kappa shape index (κ2) is 10.9. The van der Waals surface area contributed by atoms with Crippen LogP contribution in [0.1, 0.15) is 27.0 Å². The number of ether oxygens (including phenoxy) is 1. The highest BCUT2D eigenvalue weighted by molar-refractivity contribution is 9.10. The van der Waals surface area contributed by atoms with Gasteiger partial charge in [0.05, 0.1) is 11.2 Å². The Morgan fingerprint density at radius 3 is 2.53 bits per heavy atom. The molecule has 32 heavy (non-hydrogen) atoms. The van der Waals surface area contributed by atoms with Gasteiger partial charge in [-0.15, -0.1) is 0 Å². The molecule has 3 aromatic rings. The number of hydrogen-bond acceptors (Lipinski definition) is 4. The maximum Gasteiger partial charge on any atom is 0.271 e. The van der Waals surface area contributed by atoms with Gasteiger partial charge in [0.1, 0.15) is 5.75 Å². The van der Waals surface area contributed by atoms with Crippen LogP contribution in [-0.2, 0) is 4.79 Å². The molecular formula is C24H21BrClN3O3. The summed E-state index contributed by atoms with van der Waals surface area (Å²) in [6, 6.07) is 17.8. The minimum absolute atomic E-state index is 0.177. The number of halogens is 2. The van der Waals surface area contributed by atoms with Gasteiger partial charge in [-0.25, -0.2) is 5.43 Å². The van der Waals surface area contributed by atoms with Crippen LogP contribution in [-0.4, -0.2) is 24.6 Å². The molecule has 0 fully saturated rings. The molecule has 0 radical (unpaired) electrons. The molecule has 0 bridgehead atoms. The number of anilines is 1. The fourth-order valence-corrected chi connectivity index (χ4v) is 3.25. The smallest absolute Gasteiger partial charge is 0.271 e. The molecule has 0 unspecified atom stereocenters. The number of carbonyl (C=O) groups excluding carboxylic acids is 2. The zero-order chi connectivity index (χ0) is 23.1. The van der Waals surface area contributed by atoms with E-state index in [9.17, 15) is 9.59 Å². The van der Waals surface area contributed by atoms with Crippen molar-refractivity contribution >= 4 is 51.2 Å². The van der Waals surface area contributed by atoms with Gasteiger partial charge in [-0.2, -0.15) is 5.10 Å². The van der Waals surface area contributed by atoms with Gasteiger partial charge in [0.2, 0.25) is 0 Å². The first kappa shape index (κ1) is 23.5. The number of nitrogens with one attached hydrogen (secondary N) is 2. The number of hydrogen-bond donors (Lipinski definition) is 2. The fourth-order valence-electron chi connectivity index (χ4n) is 2.75. The molecule has 0 atom stereocenters. The average Bonchev–Trinajstić information content (AvgIpc) is 2.76. The molecule has 8 heteroatoms. The van der Waals surface area contributed by atoms with E-state index in [1.54, 1.807) is 42.5 Å².